The molecule has 4 rings (SSSR count). The summed E-state index contributed by atoms with van der Waals surface area (Å²) in [7, 11) is 0. The normalized spacial score (nSPS) is 17.7. The summed E-state index contributed by atoms with van der Waals surface area (Å²) in [5.74, 6) is 1.50. The van der Waals surface area contributed by atoms with E-state index in [0.717, 1.165) is 48.4 Å². The van der Waals surface area contributed by atoms with Gasteiger partial charge >= 0.3 is 0 Å². The molecule has 3 aromatic rings. The van der Waals surface area contributed by atoms with Gasteiger partial charge in [-0.15, -0.1) is 0 Å². The second kappa shape index (κ2) is 5.61. The summed E-state index contributed by atoms with van der Waals surface area (Å²) in [4.78, 5) is 22.0. The van der Waals surface area contributed by atoms with Gasteiger partial charge in [-0.05, 0) is 43.0 Å². The average Bonchev–Trinajstić information content (AvgIpc) is 2.76. The Morgan fingerprint density at radius 3 is 2.96 bits per heavy atom. The fourth-order valence-corrected chi connectivity index (χ4v) is 3.36. The van der Waals surface area contributed by atoms with Crippen molar-refractivity contribution in [3.05, 3.63) is 58.8 Å². The molecule has 0 saturated heterocycles. The lowest BCUT2D eigenvalue weighted by atomic mass is 10.0. The molecule has 0 spiro atoms. The second-order valence-corrected chi connectivity index (χ2v) is 6.38. The lowest BCUT2D eigenvalue weighted by Crippen LogP contribution is -2.24. The zero-order valence-electron chi connectivity index (χ0n) is 13.2. The Bertz CT molecular complexity index is 915. The van der Waals surface area contributed by atoms with Gasteiger partial charge in [-0.1, -0.05) is 19.1 Å². The first kappa shape index (κ1) is 14.1. The Kier molecular flexibility index (Phi) is 3.45. The smallest absolute Gasteiger partial charge is 0.261 e. The third-order valence-electron chi connectivity index (χ3n) is 4.60. The summed E-state index contributed by atoms with van der Waals surface area (Å²) >= 11 is 0. The number of benzene rings is 1. The van der Waals surface area contributed by atoms with Crippen molar-refractivity contribution in [1.29, 1.82) is 0 Å². The second-order valence-electron chi connectivity index (χ2n) is 6.38. The molecule has 4 heteroatoms. The van der Waals surface area contributed by atoms with E-state index in [2.05, 4.69) is 11.9 Å². The lowest BCUT2D eigenvalue weighted by molar-refractivity contribution is 0.519. The van der Waals surface area contributed by atoms with Crippen molar-refractivity contribution in [3.8, 4) is 11.3 Å². The maximum Gasteiger partial charge on any atom is 0.261 e. The van der Waals surface area contributed by atoms with E-state index in [9.17, 15) is 4.79 Å². The van der Waals surface area contributed by atoms with E-state index >= 15 is 0 Å². The molecule has 0 saturated carbocycles. The standard InChI is InChI=1S/C19H19N3O/c1-13-5-4-10-22-18(11-13)21-17-12-14(7-8-15(17)19(22)23)16-6-2-3-9-20-16/h2-3,6-9,12-13H,4-5,10-11H2,1H3. The molecule has 23 heavy (non-hydrogen) atoms. The summed E-state index contributed by atoms with van der Waals surface area (Å²) < 4.78 is 1.87. The summed E-state index contributed by atoms with van der Waals surface area (Å²) in [5.41, 5.74) is 2.77. The van der Waals surface area contributed by atoms with Gasteiger partial charge in [0.15, 0.2) is 0 Å². The monoisotopic (exact) mass is 305 g/mol. The molecule has 0 bridgehead atoms. The molecule has 2 aromatic heterocycles. The number of hydrogen-bond donors (Lipinski definition) is 0. The van der Waals surface area contributed by atoms with Crippen molar-refractivity contribution in [1.82, 2.24) is 14.5 Å². The fourth-order valence-electron chi connectivity index (χ4n) is 3.36. The van der Waals surface area contributed by atoms with E-state index < -0.39 is 0 Å². The first-order valence-corrected chi connectivity index (χ1v) is 8.17. The van der Waals surface area contributed by atoms with Crippen molar-refractivity contribution in [3.63, 3.8) is 0 Å². The third-order valence-corrected chi connectivity index (χ3v) is 4.60. The van der Waals surface area contributed by atoms with Gasteiger partial charge in [0.25, 0.3) is 5.56 Å². The minimum absolute atomic E-state index is 0.0895. The SMILES string of the molecule is CC1CCCn2c(nc3cc(-c4ccccn4)ccc3c2=O)C1. The predicted molar refractivity (Wildman–Crippen MR) is 91.3 cm³/mol. The van der Waals surface area contributed by atoms with Gasteiger partial charge < -0.3 is 0 Å². The van der Waals surface area contributed by atoms with Crippen LogP contribution in [0.3, 0.4) is 0 Å². The van der Waals surface area contributed by atoms with Crippen LogP contribution < -0.4 is 5.56 Å². The Balaban J connectivity index is 1.91. The van der Waals surface area contributed by atoms with E-state index in [4.69, 9.17) is 4.98 Å². The van der Waals surface area contributed by atoms with Crippen molar-refractivity contribution in [2.24, 2.45) is 5.92 Å². The van der Waals surface area contributed by atoms with Crippen LogP contribution >= 0.6 is 0 Å². The van der Waals surface area contributed by atoms with E-state index in [1.54, 1.807) is 6.20 Å². The van der Waals surface area contributed by atoms with E-state index in [-0.39, 0.29) is 5.56 Å². The molecule has 4 nitrogen and oxygen atoms in total. The molecular formula is C19H19N3O. The molecule has 0 amide bonds. The summed E-state index contributed by atoms with van der Waals surface area (Å²) in [6.45, 7) is 3.01. The summed E-state index contributed by atoms with van der Waals surface area (Å²) in [6.07, 6.45) is 4.85. The minimum atomic E-state index is 0.0895. The molecule has 1 aromatic carbocycles. The van der Waals surface area contributed by atoms with Gasteiger partial charge in [-0.2, -0.15) is 0 Å². The lowest BCUT2D eigenvalue weighted by Gasteiger charge is -2.11. The third kappa shape index (κ3) is 2.54. The Morgan fingerprint density at radius 1 is 1.22 bits per heavy atom. The van der Waals surface area contributed by atoms with Crippen molar-refractivity contribution in [2.45, 2.75) is 32.7 Å². The Labute approximate surface area is 134 Å². The zero-order valence-corrected chi connectivity index (χ0v) is 13.2. The molecule has 1 aliphatic rings. The van der Waals surface area contributed by atoms with Crippen LogP contribution in [-0.2, 0) is 13.0 Å². The van der Waals surface area contributed by atoms with Crippen LogP contribution in [0.25, 0.3) is 22.2 Å². The molecule has 116 valence electrons. The number of fused-ring (bicyclic) bond motifs is 2. The highest BCUT2D eigenvalue weighted by molar-refractivity contribution is 5.83. The van der Waals surface area contributed by atoms with E-state index in [1.165, 1.54) is 0 Å². The van der Waals surface area contributed by atoms with Gasteiger partial charge in [-0.25, -0.2) is 4.98 Å². The Morgan fingerprint density at radius 2 is 2.13 bits per heavy atom. The molecule has 1 aliphatic heterocycles. The fraction of sp³-hybridized carbons (Fsp3) is 0.316. The van der Waals surface area contributed by atoms with Crippen LogP contribution in [0.1, 0.15) is 25.6 Å². The van der Waals surface area contributed by atoms with Gasteiger partial charge in [0, 0.05) is 24.7 Å². The highest BCUT2D eigenvalue weighted by Gasteiger charge is 2.17. The molecule has 0 radical (unpaired) electrons. The van der Waals surface area contributed by atoms with Crippen molar-refractivity contribution < 1.29 is 0 Å². The van der Waals surface area contributed by atoms with Gasteiger partial charge in [0.1, 0.15) is 5.82 Å². The predicted octanol–water partition coefficient (Wildman–Crippen LogP) is 3.43. The molecule has 0 N–H and O–H groups in total. The van der Waals surface area contributed by atoms with Crippen LogP contribution in [-0.4, -0.2) is 14.5 Å². The maximum absolute atomic E-state index is 12.8. The Hall–Kier alpha value is -2.49. The quantitative estimate of drug-likeness (QED) is 0.692. The average molecular weight is 305 g/mol. The molecule has 1 unspecified atom stereocenters. The zero-order chi connectivity index (χ0) is 15.8. The number of rotatable bonds is 1. The van der Waals surface area contributed by atoms with Crippen LogP contribution in [0.5, 0.6) is 0 Å². The number of pyridine rings is 1. The highest BCUT2D eigenvalue weighted by Crippen LogP contribution is 2.23. The summed E-state index contributed by atoms with van der Waals surface area (Å²) in [6, 6.07) is 11.7. The molecular weight excluding hydrogens is 286 g/mol. The van der Waals surface area contributed by atoms with Crippen molar-refractivity contribution in [2.75, 3.05) is 0 Å². The number of nitrogens with zero attached hydrogens (tertiary/aromatic N) is 3. The molecule has 0 aliphatic carbocycles. The molecule has 0 fully saturated rings. The van der Waals surface area contributed by atoms with Crippen LogP contribution in [0.4, 0.5) is 0 Å². The first-order chi connectivity index (χ1) is 11.2. The van der Waals surface area contributed by atoms with E-state index in [1.807, 2.05) is 41.0 Å². The highest BCUT2D eigenvalue weighted by atomic mass is 16.1. The first-order valence-electron chi connectivity index (χ1n) is 8.17. The number of aromatic nitrogens is 3. The topological polar surface area (TPSA) is 47.8 Å². The number of hydrogen-bond acceptors (Lipinski definition) is 3. The van der Waals surface area contributed by atoms with Crippen LogP contribution in [0.15, 0.2) is 47.4 Å². The minimum Gasteiger partial charge on any atom is -0.296 e. The van der Waals surface area contributed by atoms with Crippen molar-refractivity contribution >= 4 is 10.9 Å². The summed E-state index contributed by atoms with van der Waals surface area (Å²) in [5, 5.41) is 0.697. The van der Waals surface area contributed by atoms with Gasteiger partial charge in [0.2, 0.25) is 0 Å². The molecule has 1 atom stereocenters. The van der Waals surface area contributed by atoms with E-state index in [0.29, 0.717) is 11.3 Å². The van der Waals surface area contributed by atoms with Crippen LogP contribution in [0, 0.1) is 5.92 Å². The van der Waals surface area contributed by atoms with Gasteiger partial charge in [-0.3, -0.25) is 14.3 Å². The largest absolute Gasteiger partial charge is 0.296 e. The van der Waals surface area contributed by atoms with Gasteiger partial charge in [0.05, 0.1) is 16.6 Å². The van der Waals surface area contributed by atoms with Crippen LogP contribution in [0.2, 0.25) is 0 Å². The molecule has 3 heterocycles. The maximum atomic E-state index is 12.8.